The lowest BCUT2D eigenvalue weighted by Gasteiger charge is -2.23. The molecule has 0 bridgehead atoms. The molecule has 0 fully saturated rings. The molecule has 1 unspecified atom stereocenters. The Morgan fingerprint density at radius 2 is 1.80 bits per heavy atom. The lowest BCUT2D eigenvalue weighted by Crippen LogP contribution is -2.38. The maximum atomic E-state index is 5.20. The molecule has 0 aromatic heterocycles. The number of ether oxygens (including phenoxy) is 1. The van der Waals surface area contributed by atoms with Gasteiger partial charge in [-0.3, -0.25) is 0 Å². The summed E-state index contributed by atoms with van der Waals surface area (Å²) < 4.78 is 5.20. The fraction of sp³-hybridized carbons (Fsp3) is 1.00. The first-order valence-corrected chi connectivity index (χ1v) is 6.09. The summed E-state index contributed by atoms with van der Waals surface area (Å²) in [5, 5.41) is 3.57. The quantitative estimate of drug-likeness (QED) is 0.659. The highest BCUT2D eigenvalue weighted by Gasteiger charge is 2.13. The van der Waals surface area contributed by atoms with Gasteiger partial charge >= 0.3 is 0 Å². The van der Waals surface area contributed by atoms with Gasteiger partial charge in [0.2, 0.25) is 0 Å². The highest BCUT2D eigenvalue weighted by molar-refractivity contribution is 4.70. The summed E-state index contributed by atoms with van der Waals surface area (Å²) in [4.78, 5) is 0. The molecule has 0 saturated carbocycles. The van der Waals surface area contributed by atoms with Crippen molar-refractivity contribution in [1.82, 2.24) is 5.32 Å². The Balaban J connectivity index is 3.62. The SMILES string of the molecule is COCC(NCCCC(C)(C)C)C(C)C. The van der Waals surface area contributed by atoms with Crippen LogP contribution in [0, 0.1) is 11.3 Å². The Hall–Kier alpha value is -0.0800. The molecule has 2 heteroatoms. The van der Waals surface area contributed by atoms with Gasteiger partial charge in [0.15, 0.2) is 0 Å². The Morgan fingerprint density at radius 3 is 2.20 bits per heavy atom. The first-order valence-electron chi connectivity index (χ1n) is 6.09. The first-order chi connectivity index (χ1) is 6.87. The number of methoxy groups -OCH3 is 1. The van der Waals surface area contributed by atoms with Gasteiger partial charge in [0, 0.05) is 13.2 Å². The smallest absolute Gasteiger partial charge is 0.0618 e. The summed E-state index contributed by atoms with van der Waals surface area (Å²) in [6.07, 6.45) is 2.52. The second-order valence-electron chi connectivity index (χ2n) is 5.92. The molecule has 0 saturated heterocycles. The van der Waals surface area contributed by atoms with Crippen molar-refractivity contribution in [2.75, 3.05) is 20.3 Å². The van der Waals surface area contributed by atoms with Crippen LogP contribution in [0.3, 0.4) is 0 Å². The molecule has 92 valence electrons. The van der Waals surface area contributed by atoms with Crippen molar-refractivity contribution >= 4 is 0 Å². The van der Waals surface area contributed by atoms with Crippen LogP contribution in [0.5, 0.6) is 0 Å². The molecule has 0 aliphatic heterocycles. The van der Waals surface area contributed by atoms with Crippen LogP contribution >= 0.6 is 0 Å². The van der Waals surface area contributed by atoms with Crippen molar-refractivity contribution in [2.24, 2.45) is 11.3 Å². The van der Waals surface area contributed by atoms with E-state index in [2.05, 4.69) is 39.9 Å². The zero-order chi connectivity index (χ0) is 11.9. The molecule has 1 atom stereocenters. The molecule has 0 rings (SSSR count). The number of nitrogens with one attached hydrogen (secondary N) is 1. The van der Waals surface area contributed by atoms with Crippen molar-refractivity contribution in [2.45, 2.75) is 53.5 Å². The van der Waals surface area contributed by atoms with Gasteiger partial charge in [-0.05, 0) is 30.7 Å². The third-order valence-electron chi connectivity index (χ3n) is 2.66. The van der Waals surface area contributed by atoms with Crippen LogP contribution in [0.2, 0.25) is 0 Å². The van der Waals surface area contributed by atoms with Crippen molar-refractivity contribution in [1.29, 1.82) is 0 Å². The third kappa shape index (κ3) is 8.88. The van der Waals surface area contributed by atoms with E-state index in [9.17, 15) is 0 Å². The minimum absolute atomic E-state index is 0.455. The molecule has 0 aromatic rings. The molecule has 2 nitrogen and oxygen atoms in total. The molecule has 0 radical (unpaired) electrons. The van der Waals surface area contributed by atoms with E-state index in [1.807, 2.05) is 0 Å². The van der Waals surface area contributed by atoms with Gasteiger partial charge in [0.1, 0.15) is 0 Å². The molecule has 0 spiro atoms. The Labute approximate surface area is 95.8 Å². The topological polar surface area (TPSA) is 21.3 Å². The van der Waals surface area contributed by atoms with Crippen molar-refractivity contribution in [3.63, 3.8) is 0 Å². The van der Waals surface area contributed by atoms with Crippen LogP contribution in [0.4, 0.5) is 0 Å². The van der Waals surface area contributed by atoms with E-state index in [-0.39, 0.29) is 0 Å². The largest absolute Gasteiger partial charge is 0.383 e. The summed E-state index contributed by atoms with van der Waals surface area (Å²) in [6.45, 7) is 13.3. The molecule has 0 aromatic carbocycles. The van der Waals surface area contributed by atoms with Crippen LogP contribution in [0.1, 0.15) is 47.5 Å². The standard InChI is InChI=1S/C13H29NO/c1-11(2)12(10-15-6)14-9-7-8-13(3,4)5/h11-12,14H,7-10H2,1-6H3. The predicted octanol–water partition coefficient (Wildman–Crippen LogP) is 3.07. The molecule has 0 aliphatic carbocycles. The minimum atomic E-state index is 0.455. The van der Waals surface area contributed by atoms with E-state index in [4.69, 9.17) is 4.74 Å². The Kier molecular flexibility index (Phi) is 7.20. The fourth-order valence-electron chi connectivity index (χ4n) is 1.57. The monoisotopic (exact) mass is 215 g/mol. The van der Waals surface area contributed by atoms with Crippen molar-refractivity contribution in [3.05, 3.63) is 0 Å². The van der Waals surface area contributed by atoms with Crippen molar-refractivity contribution in [3.8, 4) is 0 Å². The molecular weight excluding hydrogens is 186 g/mol. The number of hydrogen-bond donors (Lipinski definition) is 1. The van der Waals surface area contributed by atoms with Crippen LogP contribution in [0.15, 0.2) is 0 Å². The van der Waals surface area contributed by atoms with Gasteiger partial charge < -0.3 is 10.1 Å². The van der Waals surface area contributed by atoms with Gasteiger partial charge in [-0.25, -0.2) is 0 Å². The van der Waals surface area contributed by atoms with E-state index >= 15 is 0 Å². The zero-order valence-electron chi connectivity index (χ0n) is 11.4. The first kappa shape index (κ1) is 14.9. The number of hydrogen-bond acceptors (Lipinski definition) is 2. The average Bonchev–Trinajstić information content (AvgIpc) is 2.08. The van der Waals surface area contributed by atoms with Gasteiger partial charge in [-0.2, -0.15) is 0 Å². The maximum Gasteiger partial charge on any atom is 0.0618 e. The lowest BCUT2D eigenvalue weighted by atomic mass is 9.90. The summed E-state index contributed by atoms with van der Waals surface area (Å²) in [6, 6.07) is 0.495. The van der Waals surface area contributed by atoms with Gasteiger partial charge in [0.25, 0.3) is 0 Å². The van der Waals surface area contributed by atoms with Gasteiger partial charge in [-0.15, -0.1) is 0 Å². The molecule has 1 N–H and O–H groups in total. The van der Waals surface area contributed by atoms with Crippen molar-refractivity contribution < 1.29 is 4.74 Å². The fourth-order valence-corrected chi connectivity index (χ4v) is 1.57. The van der Waals surface area contributed by atoms with E-state index in [0.29, 0.717) is 17.4 Å². The second kappa shape index (κ2) is 7.24. The second-order valence-corrected chi connectivity index (χ2v) is 5.92. The average molecular weight is 215 g/mol. The van der Waals surface area contributed by atoms with E-state index in [1.54, 1.807) is 7.11 Å². The molecule has 15 heavy (non-hydrogen) atoms. The van der Waals surface area contributed by atoms with Gasteiger partial charge in [-0.1, -0.05) is 34.6 Å². The van der Waals surface area contributed by atoms with E-state index in [1.165, 1.54) is 12.8 Å². The van der Waals surface area contributed by atoms with E-state index in [0.717, 1.165) is 13.2 Å². The summed E-state index contributed by atoms with van der Waals surface area (Å²) in [7, 11) is 1.77. The summed E-state index contributed by atoms with van der Waals surface area (Å²) in [5.41, 5.74) is 0.455. The third-order valence-corrected chi connectivity index (χ3v) is 2.66. The summed E-state index contributed by atoms with van der Waals surface area (Å²) in [5.74, 6) is 0.639. The Bertz CT molecular complexity index is 149. The van der Waals surface area contributed by atoms with Crippen LogP contribution in [-0.4, -0.2) is 26.3 Å². The molecule has 0 aliphatic rings. The summed E-state index contributed by atoms with van der Waals surface area (Å²) >= 11 is 0. The van der Waals surface area contributed by atoms with E-state index < -0.39 is 0 Å². The Morgan fingerprint density at radius 1 is 1.20 bits per heavy atom. The van der Waals surface area contributed by atoms with Crippen LogP contribution < -0.4 is 5.32 Å². The predicted molar refractivity (Wildman–Crippen MR) is 67.2 cm³/mol. The lowest BCUT2D eigenvalue weighted by molar-refractivity contribution is 0.146. The molecule has 0 amide bonds. The molecule has 0 heterocycles. The zero-order valence-corrected chi connectivity index (χ0v) is 11.4. The van der Waals surface area contributed by atoms with Crippen LogP contribution in [-0.2, 0) is 4.74 Å². The molecular formula is C13H29NO. The number of rotatable bonds is 7. The van der Waals surface area contributed by atoms with Crippen LogP contribution in [0.25, 0.3) is 0 Å². The normalized spacial score (nSPS) is 14.6. The highest BCUT2D eigenvalue weighted by atomic mass is 16.5. The highest BCUT2D eigenvalue weighted by Crippen LogP contribution is 2.19. The maximum absolute atomic E-state index is 5.20. The van der Waals surface area contributed by atoms with Gasteiger partial charge in [0.05, 0.1) is 6.61 Å². The minimum Gasteiger partial charge on any atom is -0.383 e.